The number of amides is 1. The topological polar surface area (TPSA) is 47.6 Å². The van der Waals surface area contributed by atoms with Gasteiger partial charge >= 0.3 is 0 Å². The van der Waals surface area contributed by atoms with Crippen LogP contribution in [-0.2, 0) is 13.0 Å². The molecule has 2 rings (SSSR count). The van der Waals surface area contributed by atoms with E-state index < -0.39 is 0 Å². The van der Waals surface area contributed by atoms with Crippen LogP contribution < -0.4 is 14.8 Å². The minimum absolute atomic E-state index is 0.193. The molecule has 4 nitrogen and oxygen atoms in total. The first-order valence-electron chi connectivity index (χ1n) is 7.47. The van der Waals surface area contributed by atoms with E-state index in [4.69, 9.17) is 21.1 Å². The van der Waals surface area contributed by atoms with Crippen molar-refractivity contribution in [1.29, 1.82) is 0 Å². The highest BCUT2D eigenvalue weighted by molar-refractivity contribution is 6.30. The predicted octanol–water partition coefficient (Wildman–Crippen LogP) is 4.02. The lowest BCUT2D eigenvalue weighted by molar-refractivity contribution is 0.0950. The molecule has 0 aliphatic rings. The molecule has 0 bridgehead atoms. The lowest BCUT2D eigenvalue weighted by Gasteiger charge is -2.14. The van der Waals surface area contributed by atoms with E-state index in [1.807, 2.05) is 18.2 Å². The van der Waals surface area contributed by atoms with Crippen LogP contribution in [-0.4, -0.2) is 20.1 Å². The lowest BCUT2D eigenvalue weighted by atomic mass is 10.0. The van der Waals surface area contributed by atoms with E-state index in [9.17, 15) is 4.79 Å². The van der Waals surface area contributed by atoms with Crippen LogP contribution in [0, 0.1) is 0 Å². The number of ether oxygens (including phenoxy) is 2. The van der Waals surface area contributed by atoms with E-state index >= 15 is 0 Å². The van der Waals surface area contributed by atoms with E-state index in [1.54, 1.807) is 38.5 Å². The first-order valence-corrected chi connectivity index (χ1v) is 7.85. The van der Waals surface area contributed by atoms with Crippen molar-refractivity contribution in [2.75, 3.05) is 14.2 Å². The first-order chi connectivity index (χ1) is 11.6. The third kappa shape index (κ3) is 4.30. The van der Waals surface area contributed by atoms with Gasteiger partial charge in [0.1, 0.15) is 0 Å². The second kappa shape index (κ2) is 8.41. The molecule has 1 amide bonds. The maximum atomic E-state index is 12.5. The zero-order valence-corrected chi connectivity index (χ0v) is 14.5. The van der Waals surface area contributed by atoms with Gasteiger partial charge in [-0.05, 0) is 36.2 Å². The Morgan fingerprint density at radius 1 is 1.25 bits per heavy atom. The SMILES string of the molecule is C=CCc1cc(C(=O)NCc2cccc(Cl)c2)cc(OC)c1OC. The van der Waals surface area contributed by atoms with Crippen molar-refractivity contribution >= 4 is 17.5 Å². The van der Waals surface area contributed by atoms with Crippen LogP contribution >= 0.6 is 11.6 Å². The molecule has 0 aromatic heterocycles. The van der Waals surface area contributed by atoms with Gasteiger partial charge in [-0.2, -0.15) is 0 Å². The van der Waals surface area contributed by atoms with Crippen molar-refractivity contribution in [2.24, 2.45) is 0 Å². The number of rotatable bonds is 7. The van der Waals surface area contributed by atoms with Crippen molar-refractivity contribution < 1.29 is 14.3 Å². The summed E-state index contributed by atoms with van der Waals surface area (Å²) in [4.78, 5) is 12.5. The molecule has 0 saturated heterocycles. The Balaban J connectivity index is 2.22. The van der Waals surface area contributed by atoms with Gasteiger partial charge in [-0.15, -0.1) is 6.58 Å². The summed E-state index contributed by atoms with van der Waals surface area (Å²) in [7, 11) is 3.12. The molecule has 0 fully saturated rings. The Labute approximate surface area is 147 Å². The van der Waals surface area contributed by atoms with Gasteiger partial charge in [0.15, 0.2) is 11.5 Å². The summed E-state index contributed by atoms with van der Waals surface area (Å²) in [6.07, 6.45) is 2.33. The van der Waals surface area contributed by atoms with Crippen LogP contribution in [0.4, 0.5) is 0 Å². The van der Waals surface area contributed by atoms with Crippen LogP contribution in [0.5, 0.6) is 11.5 Å². The smallest absolute Gasteiger partial charge is 0.251 e. The van der Waals surface area contributed by atoms with Gasteiger partial charge in [-0.1, -0.05) is 29.8 Å². The Hall–Kier alpha value is -2.46. The minimum Gasteiger partial charge on any atom is -0.493 e. The monoisotopic (exact) mass is 345 g/mol. The van der Waals surface area contributed by atoms with E-state index in [0.29, 0.717) is 35.1 Å². The average molecular weight is 346 g/mol. The molecule has 1 N–H and O–H groups in total. The van der Waals surface area contributed by atoms with Gasteiger partial charge in [0.05, 0.1) is 14.2 Å². The standard InChI is InChI=1S/C19H20ClNO3/c1-4-6-14-10-15(11-17(23-2)18(14)24-3)19(22)21-12-13-7-5-8-16(20)9-13/h4-5,7-11H,1,6,12H2,2-3H3,(H,21,22). The Morgan fingerprint density at radius 3 is 2.67 bits per heavy atom. The lowest BCUT2D eigenvalue weighted by Crippen LogP contribution is -2.23. The normalized spacial score (nSPS) is 10.1. The summed E-state index contributed by atoms with van der Waals surface area (Å²) < 4.78 is 10.7. The third-order valence-corrected chi connectivity index (χ3v) is 3.76. The fourth-order valence-electron chi connectivity index (χ4n) is 2.41. The highest BCUT2D eigenvalue weighted by Gasteiger charge is 2.15. The number of benzene rings is 2. The largest absolute Gasteiger partial charge is 0.493 e. The molecule has 0 unspecified atom stereocenters. The highest BCUT2D eigenvalue weighted by Crippen LogP contribution is 2.33. The number of nitrogens with one attached hydrogen (secondary N) is 1. The molecule has 24 heavy (non-hydrogen) atoms. The van der Waals surface area contributed by atoms with Crippen molar-refractivity contribution in [1.82, 2.24) is 5.32 Å². The van der Waals surface area contributed by atoms with Gasteiger partial charge in [0.2, 0.25) is 0 Å². The van der Waals surface area contributed by atoms with Gasteiger partial charge in [-0.25, -0.2) is 0 Å². The van der Waals surface area contributed by atoms with Gasteiger partial charge < -0.3 is 14.8 Å². The Morgan fingerprint density at radius 2 is 2.04 bits per heavy atom. The van der Waals surface area contributed by atoms with Crippen molar-refractivity contribution in [3.05, 3.63) is 70.8 Å². The molecule has 0 spiro atoms. The maximum absolute atomic E-state index is 12.5. The molecule has 2 aromatic rings. The quantitative estimate of drug-likeness (QED) is 0.771. The number of hydrogen-bond donors (Lipinski definition) is 1. The van der Waals surface area contributed by atoms with Crippen LogP contribution in [0.15, 0.2) is 49.1 Å². The summed E-state index contributed by atoms with van der Waals surface area (Å²) in [6, 6.07) is 10.8. The summed E-state index contributed by atoms with van der Waals surface area (Å²) in [5.74, 6) is 0.940. The van der Waals surface area contributed by atoms with Gasteiger partial charge in [0, 0.05) is 22.7 Å². The van der Waals surface area contributed by atoms with Crippen molar-refractivity contribution in [3.8, 4) is 11.5 Å². The zero-order chi connectivity index (χ0) is 17.5. The van der Waals surface area contributed by atoms with Gasteiger partial charge in [-0.3, -0.25) is 4.79 Å². The van der Waals surface area contributed by atoms with Gasteiger partial charge in [0.25, 0.3) is 5.91 Å². The van der Waals surface area contributed by atoms with Crippen LogP contribution in [0.25, 0.3) is 0 Å². The van der Waals surface area contributed by atoms with Crippen LogP contribution in [0.1, 0.15) is 21.5 Å². The molecule has 0 aliphatic heterocycles. The number of hydrogen-bond acceptors (Lipinski definition) is 3. The van der Waals surface area contributed by atoms with Crippen LogP contribution in [0.2, 0.25) is 5.02 Å². The van der Waals surface area contributed by atoms with E-state index in [2.05, 4.69) is 11.9 Å². The fourth-order valence-corrected chi connectivity index (χ4v) is 2.63. The summed E-state index contributed by atoms with van der Waals surface area (Å²) in [5, 5.41) is 3.52. The number of methoxy groups -OCH3 is 2. The third-order valence-electron chi connectivity index (χ3n) is 3.52. The molecule has 0 saturated carbocycles. The second-order valence-corrected chi connectivity index (χ2v) is 5.61. The molecule has 2 aromatic carbocycles. The average Bonchev–Trinajstić information content (AvgIpc) is 2.59. The van der Waals surface area contributed by atoms with E-state index in [0.717, 1.165) is 11.1 Å². The molecule has 5 heteroatoms. The second-order valence-electron chi connectivity index (χ2n) is 5.18. The zero-order valence-electron chi connectivity index (χ0n) is 13.8. The molecule has 0 aliphatic carbocycles. The number of halogens is 1. The number of allylic oxidation sites excluding steroid dienone is 1. The summed E-state index contributed by atoms with van der Waals surface area (Å²) >= 11 is 5.95. The number of carbonyl (C=O) groups is 1. The molecule has 126 valence electrons. The molecular weight excluding hydrogens is 326 g/mol. The first kappa shape index (κ1) is 17.9. The molecule has 0 radical (unpaired) electrons. The molecular formula is C19H20ClNO3. The summed E-state index contributed by atoms with van der Waals surface area (Å²) in [5.41, 5.74) is 2.29. The maximum Gasteiger partial charge on any atom is 0.251 e. The predicted molar refractivity (Wildman–Crippen MR) is 96.1 cm³/mol. The molecule has 0 heterocycles. The van der Waals surface area contributed by atoms with Crippen molar-refractivity contribution in [2.45, 2.75) is 13.0 Å². The molecule has 0 atom stereocenters. The summed E-state index contributed by atoms with van der Waals surface area (Å²) in [6.45, 7) is 4.13. The highest BCUT2D eigenvalue weighted by atomic mass is 35.5. The fraction of sp³-hybridized carbons (Fsp3) is 0.211. The minimum atomic E-state index is -0.193. The Kier molecular flexibility index (Phi) is 6.27. The van der Waals surface area contributed by atoms with E-state index in [-0.39, 0.29) is 5.91 Å². The number of carbonyl (C=O) groups excluding carboxylic acids is 1. The van der Waals surface area contributed by atoms with E-state index in [1.165, 1.54) is 0 Å². The van der Waals surface area contributed by atoms with Crippen molar-refractivity contribution in [3.63, 3.8) is 0 Å². The Bertz CT molecular complexity index is 743. The van der Waals surface area contributed by atoms with Crippen LogP contribution in [0.3, 0.4) is 0 Å².